The van der Waals surface area contributed by atoms with Crippen LogP contribution in [0, 0.1) is 0 Å². The van der Waals surface area contributed by atoms with E-state index in [2.05, 4.69) is 25.7 Å². The maximum absolute atomic E-state index is 12.8. The zero-order valence-corrected chi connectivity index (χ0v) is 16.6. The number of rotatable bonds is 6. The first-order chi connectivity index (χ1) is 13.7. The number of aromatic nitrogens is 4. The summed E-state index contributed by atoms with van der Waals surface area (Å²) >= 11 is 7.40. The molecule has 10 heteroatoms. The largest absolute Gasteiger partial charge is 0.379 e. The topological polar surface area (TPSA) is 85.2 Å². The van der Waals surface area contributed by atoms with Gasteiger partial charge in [-0.1, -0.05) is 23.7 Å². The van der Waals surface area contributed by atoms with Gasteiger partial charge < -0.3 is 10.1 Å². The Hall–Kier alpha value is -2.33. The standard InChI is InChI=1S/C18H19ClN6O2S/c19-14-3-1-13(2-4-14)16(24-6-8-27-9-7-24)11-20-18(26)17-15(5-10-28-17)25-12-21-22-23-25/h1-5,10,12,16H,6-9,11H2,(H,20,26). The van der Waals surface area contributed by atoms with Gasteiger partial charge in [0.15, 0.2) is 0 Å². The van der Waals surface area contributed by atoms with Gasteiger partial charge in [-0.3, -0.25) is 9.69 Å². The van der Waals surface area contributed by atoms with Crippen LogP contribution in [0.4, 0.5) is 0 Å². The minimum atomic E-state index is -0.146. The van der Waals surface area contributed by atoms with Crippen molar-refractivity contribution in [3.8, 4) is 5.69 Å². The molecule has 1 saturated heterocycles. The normalized spacial score (nSPS) is 16.0. The lowest BCUT2D eigenvalue weighted by molar-refractivity contribution is 0.0162. The number of morpholine rings is 1. The summed E-state index contributed by atoms with van der Waals surface area (Å²) in [5.74, 6) is -0.146. The molecule has 0 spiro atoms. The van der Waals surface area contributed by atoms with Crippen molar-refractivity contribution in [1.29, 1.82) is 0 Å². The fourth-order valence-corrected chi connectivity index (χ4v) is 4.15. The molecule has 8 nitrogen and oxygen atoms in total. The smallest absolute Gasteiger partial charge is 0.263 e. The zero-order chi connectivity index (χ0) is 19.3. The van der Waals surface area contributed by atoms with Gasteiger partial charge in [-0.2, -0.15) is 4.68 Å². The van der Waals surface area contributed by atoms with Crippen LogP contribution in [0.1, 0.15) is 21.3 Å². The summed E-state index contributed by atoms with van der Waals surface area (Å²) in [4.78, 5) is 15.7. The second-order valence-electron chi connectivity index (χ2n) is 6.32. The summed E-state index contributed by atoms with van der Waals surface area (Å²) in [5.41, 5.74) is 1.78. The summed E-state index contributed by atoms with van der Waals surface area (Å²) in [6.07, 6.45) is 1.48. The van der Waals surface area contributed by atoms with Gasteiger partial charge in [-0.25, -0.2) is 0 Å². The van der Waals surface area contributed by atoms with Crippen LogP contribution in [0.25, 0.3) is 5.69 Å². The Balaban J connectivity index is 1.50. The Kier molecular flexibility index (Phi) is 5.96. The Morgan fingerprint density at radius 1 is 1.25 bits per heavy atom. The van der Waals surface area contributed by atoms with Gasteiger partial charge in [-0.15, -0.1) is 16.4 Å². The number of halogens is 1. The Labute approximate surface area is 171 Å². The lowest BCUT2D eigenvalue weighted by Gasteiger charge is -2.35. The molecule has 0 radical (unpaired) electrons. The number of hydrogen-bond acceptors (Lipinski definition) is 7. The number of hydrogen-bond donors (Lipinski definition) is 1. The Morgan fingerprint density at radius 2 is 2.04 bits per heavy atom. The van der Waals surface area contributed by atoms with Crippen LogP contribution in [0.3, 0.4) is 0 Å². The summed E-state index contributed by atoms with van der Waals surface area (Å²) in [6.45, 7) is 3.49. The third kappa shape index (κ3) is 4.22. The lowest BCUT2D eigenvalue weighted by Crippen LogP contribution is -2.43. The number of tetrazole rings is 1. The molecule has 146 valence electrons. The third-order valence-electron chi connectivity index (χ3n) is 4.64. The second kappa shape index (κ2) is 8.78. The number of amides is 1. The van der Waals surface area contributed by atoms with Crippen molar-refractivity contribution in [2.45, 2.75) is 6.04 Å². The van der Waals surface area contributed by atoms with Crippen molar-refractivity contribution < 1.29 is 9.53 Å². The first-order valence-electron chi connectivity index (χ1n) is 8.88. The molecule has 1 atom stereocenters. The van der Waals surface area contributed by atoms with Crippen LogP contribution >= 0.6 is 22.9 Å². The molecule has 1 aliphatic rings. The van der Waals surface area contributed by atoms with Gasteiger partial charge in [0, 0.05) is 24.7 Å². The van der Waals surface area contributed by atoms with E-state index in [4.69, 9.17) is 16.3 Å². The van der Waals surface area contributed by atoms with E-state index in [9.17, 15) is 4.79 Å². The van der Waals surface area contributed by atoms with Gasteiger partial charge >= 0.3 is 0 Å². The first kappa shape index (κ1) is 19.0. The molecule has 28 heavy (non-hydrogen) atoms. The summed E-state index contributed by atoms with van der Waals surface area (Å²) in [6, 6.07) is 9.64. The van der Waals surface area contributed by atoms with Gasteiger partial charge in [0.25, 0.3) is 5.91 Å². The van der Waals surface area contributed by atoms with E-state index in [1.54, 1.807) is 0 Å². The predicted octanol–water partition coefficient (Wildman–Crippen LogP) is 2.18. The molecular weight excluding hydrogens is 400 g/mol. The summed E-state index contributed by atoms with van der Waals surface area (Å²) in [5, 5.41) is 16.8. The van der Waals surface area contributed by atoms with Crippen molar-refractivity contribution in [2.75, 3.05) is 32.8 Å². The molecule has 0 bridgehead atoms. The Bertz CT molecular complexity index is 909. The molecule has 1 aromatic carbocycles. The SMILES string of the molecule is O=C(NCC(c1ccc(Cl)cc1)N1CCOCC1)c1sccc1-n1cnnn1. The molecular formula is C18H19ClN6O2S. The highest BCUT2D eigenvalue weighted by Gasteiger charge is 2.24. The van der Waals surface area contributed by atoms with Crippen molar-refractivity contribution >= 4 is 28.8 Å². The summed E-state index contributed by atoms with van der Waals surface area (Å²) in [7, 11) is 0. The molecule has 2 aromatic heterocycles. The van der Waals surface area contributed by atoms with E-state index in [1.807, 2.05) is 35.7 Å². The zero-order valence-electron chi connectivity index (χ0n) is 15.0. The maximum atomic E-state index is 12.8. The highest BCUT2D eigenvalue weighted by Crippen LogP contribution is 2.24. The van der Waals surface area contributed by atoms with E-state index in [0.29, 0.717) is 35.3 Å². The molecule has 3 heterocycles. The average Bonchev–Trinajstić information content (AvgIpc) is 3.41. The van der Waals surface area contributed by atoms with Crippen molar-refractivity contribution in [2.24, 2.45) is 0 Å². The molecule has 3 aromatic rings. The van der Waals surface area contributed by atoms with Crippen LogP contribution in [0.15, 0.2) is 42.0 Å². The number of nitrogens with zero attached hydrogens (tertiary/aromatic N) is 5. The quantitative estimate of drug-likeness (QED) is 0.660. The van der Waals surface area contributed by atoms with Gasteiger partial charge in [-0.05, 0) is 39.6 Å². The Morgan fingerprint density at radius 3 is 2.75 bits per heavy atom. The molecule has 1 unspecified atom stereocenters. The molecule has 1 aliphatic heterocycles. The maximum Gasteiger partial charge on any atom is 0.263 e. The molecule has 1 N–H and O–H groups in total. The second-order valence-corrected chi connectivity index (χ2v) is 7.67. The molecule has 0 saturated carbocycles. The predicted molar refractivity (Wildman–Crippen MR) is 106 cm³/mol. The highest BCUT2D eigenvalue weighted by molar-refractivity contribution is 7.12. The molecule has 4 rings (SSSR count). The van der Waals surface area contributed by atoms with Crippen LogP contribution in [0.2, 0.25) is 5.02 Å². The van der Waals surface area contributed by atoms with Crippen molar-refractivity contribution in [1.82, 2.24) is 30.4 Å². The minimum absolute atomic E-state index is 0.0431. The highest BCUT2D eigenvalue weighted by atomic mass is 35.5. The molecule has 1 amide bonds. The van der Waals surface area contributed by atoms with E-state index in [-0.39, 0.29) is 11.9 Å². The lowest BCUT2D eigenvalue weighted by atomic mass is 10.0. The average molecular weight is 419 g/mol. The number of benzene rings is 1. The third-order valence-corrected chi connectivity index (χ3v) is 5.80. The van der Waals surface area contributed by atoms with Crippen LogP contribution < -0.4 is 5.32 Å². The minimum Gasteiger partial charge on any atom is -0.379 e. The number of carbonyl (C=O) groups excluding carboxylic acids is 1. The van der Waals surface area contributed by atoms with E-state index < -0.39 is 0 Å². The van der Waals surface area contributed by atoms with Gasteiger partial charge in [0.05, 0.1) is 24.9 Å². The van der Waals surface area contributed by atoms with Gasteiger partial charge in [0.1, 0.15) is 11.2 Å². The van der Waals surface area contributed by atoms with E-state index in [0.717, 1.165) is 18.7 Å². The number of nitrogens with one attached hydrogen (secondary N) is 1. The van der Waals surface area contributed by atoms with E-state index >= 15 is 0 Å². The fourth-order valence-electron chi connectivity index (χ4n) is 3.23. The number of thiophene rings is 1. The number of ether oxygens (including phenoxy) is 1. The molecule has 1 fully saturated rings. The number of carbonyl (C=O) groups is 1. The van der Waals surface area contributed by atoms with Crippen LogP contribution in [-0.4, -0.2) is 63.9 Å². The van der Waals surface area contributed by atoms with Crippen molar-refractivity contribution in [3.63, 3.8) is 0 Å². The monoisotopic (exact) mass is 418 g/mol. The van der Waals surface area contributed by atoms with Crippen LogP contribution in [-0.2, 0) is 4.74 Å². The van der Waals surface area contributed by atoms with Crippen LogP contribution in [0.5, 0.6) is 0 Å². The first-order valence-corrected chi connectivity index (χ1v) is 10.1. The van der Waals surface area contributed by atoms with E-state index in [1.165, 1.54) is 22.3 Å². The fraction of sp³-hybridized carbons (Fsp3) is 0.333. The van der Waals surface area contributed by atoms with Gasteiger partial charge in [0.2, 0.25) is 0 Å². The summed E-state index contributed by atoms with van der Waals surface area (Å²) < 4.78 is 6.97. The van der Waals surface area contributed by atoms with Crippen molar-refractivity contribution in [3.05, 3.63) is 57.5 Å². The molecule has 0 aliphatic carbocycles.